The van der Waals surface area contributed by atoms with Gasteiger partial charge in [-0.05, 0) is 50.2 Å². The fourth-order valence-electron chi connectivity index (χ4n) is 3.49. The molecule has 0 spiro atoms. The number of aryl methyl sites for hydroxylation is 1. The lowest BCUT2D eigenvalue weighted by Gasteiger charge is -2.23. The van der Waals surface area contributed by atoms with Gasteiger partial charge in [0, 0.05) is 4.88 Å². The molecule has 1 aliphatic carbocycles. The van der Waals surface area contributed by atoms with Crippen molar-refractivity contribution in [1.29, 1.82) is 0 Å². The summed E-state index contributed by atoms with van der Waals surface area (Å²) in [7, 11) is -3.10. The summed E-state index contributed by atoms with van der Waals surface area (Å²) in [6.45, 7) is 3.51. The molecule has 2 atom stereocenters. The Bertz CT molecular complexity index is 798. The minimum Gasteiger partial charge on any atom is -0.451 e. The molecule has 1 aromatic rings. The quantitative estimate of drug-likeness (QED) is 0.797. The lowest BCUT2D eigenvalue weighted by Crippen LogP contribution is -2.48. The zero-order valence-corrected chi connectivity index (χ0v) is 16.1. The molecule has 3 rings (SSSR count). The van der Waals surface area contributed by atoms with Crippen molar-refractivity contribution in [3.63, 3.8) is 0 Å². The number of hydrogen-bond acceptors (Lipinski definition) is 6. The lowest BCUT2D eigenvalue weighted by atomic mass is 9.90. The number of fused-ring (bicyclic) bond motifs is 1. The van der Waals surface area contributed by atoms with Gasteiger partial charge in [0.05, 0.1) is 17.0 Å². The van der Waals surface area contributed by atoms with Crippen LogP contribution in [0.4, 0.5) is 0 Å². The molecule has 0 saturated carbocycles. The predicted molar refractivity (Wildman–Crippen MR) is 95.6 cm³/mol. The summed E-state index contributed by atoms with van der Waals surface area (Å²) >= 11 is 1.44. The topological polar surface area (TPSA) is 89.5 Å². The number of carbonyl (C=O) groups excluding carboxylic acids is 2. The second kappa shape index (κ2) is 6.72. The van der Waals surface area contributed by atoms with Crippen molar-refractivity contribution in [3.05, 3.63) is 21.4 Å². The van der Waals surface area contributed by atoms with Crippen LogP contribution in [0.3, 0.4) is 0 Å². The van der Waals surface area contributed by atoms with Crippen LogP contribution < -0.4 is 5.32 Å². The van der Waals surface area contributed by atoms with Crippen molar-refractivity contribution >= 4 is 33.1 Å². The van der Waals surface area contributed by atoms with Gasteiger partial charge >= 0.3 is 5.97 Å². The predicted octanol–water partition coefficient (Wildman–Crippen LogP) is 1.72. The monoisotopic (exact) mass is 385 g/mol. The fraction of sp³-hybridized carbons (Fsp3) is 0.647. The van der Waals surface area contributed by atoms with Crippen molar-refractivity contribution in [1.82, 2.24) is 5.32 Å². The van der Waals surface area contributed by atoms with Gasteiger partial charge < -0.3 is 10.1 Å². The molecule has 1 amide bonds. The number of carbonyl (C=O) groups is 2. The number of ether oxygens (including phenoxy) is 1. The van der Waals surface area contributed by atoms with Gasteiger partial charge in [-0.25, -0.2) is 13.2 Å². The Morgan fingerprint density at radius 1 is 1.44 bits per heavy atom. The summed E-state index contributed by atoms with van der Waals surface area (Å²) < 4.78 is 28.2. The molecular weight excluding hydrogens is 362 g/mol. The Morgan fingerprint density at radius 3 is 2.88 bits per heavy atom. The van der Waals surface area contributed by atoms with Crippen LogP contribution in [-0.4, -0.2) is 43.9 Å². The van der Waals surface area contributed by atoms with E-state index in [0.29, 0.717) is 17.2 Å². The van der Waals surface area contributed by atoms with Crippen LogP contribution in [0, 0.1) is 5.92 Å². The highest BCUT2D eigenvalue weighted by atomic mass is 32.2. The third-order valence-corrected chi connectivity index (χ3v) is 7.93. The average Bonchev–Trinajstić information content (AvgIpc) is 3.04. The molecule has 1 N–H and O–H groups in total. The Balaban J connectivity index is 1.53. The van der Waals surface area contributed by atoms with E-state index in [0.717, 1.165) is 19.3 Å². The molecule has 0 radical (unpaired) electrons. The number of sulfone groups is 1. The number of esters is 1. The first kappa shape index (κ1) is 18.4. The Hall–Kier alpha value is -1.41. The van der Waals surface area contributed by atoms with Crippen molar-refractivity contribution < 1.29 is 22.7 Å². The van der Waals surface area contributed by atoms with Crippen LogP contribution in [-0.2, 0) is 32.2 Å². The highest BCUT2D eigenvalue weighted by Gasteiger charge is 2.39. The van der Waals surface area contributed by atoms with E-state index in [2.05, 4.69) is 12.2 Å². The average molecular weight is 386 g/mol. The molecular formula is C17H23NO5S2. The molecule has 0 bridgehead atoms. The number of thiophene rings is 1. The van der Waals surface area contributed by atoms with Gasteiger partial charge in [0.1, 0.15) is 4.88 Å². The molecule has 2 aliphatic rings. The lowest BCUT2D eigenvalue weighted by molar-refractivity contribution is -0.125. The van der Waals surface area contributed by atoms with Crippen molar-refractivity contribution in [3.8, 4) is 0 Å². The van der Waals surface area contributed by atoms with Crippen LogP contribution in [0.5, 0.6) is 0 Å². The fourth-order valence-corrected chi connectivity index (χ4v) is 6.69. The number of amides is 1. The van der Waals surface area contributed by atoms with E-state index in [-0.39, 0.29) is 11.5 Å². The molecule has 8 heteroatoms. The summed E-state index contributed by atoms with van der Waals surface area (Å²) in [5.74, 6) is -0.340. The van der Waals surface area contributed by atoms with E-state index in [4.69, 9.17) is 4.74 Å². The minimum absolute atomic E-state index is 0.0722. The van der Waals surface area contributed by atoms with Crippen molar-refractivity contribution in [2.75, 3.05) is 18.1 Å². The van der Waals surface area contributed by atoms with E-state index in [1.54, 1.807) is 6.92 Å². The minimum atomic E-state index is -3.10. The third kappa shape index (κ3) is 4.41. The first-order valence-electron chi connectivity index (χ1n) is 8.46. The zero-order valence-electron chi connectivity index (χ0n) is 14.5. The maximum absolute atomic E-state index is 12.2. The van der Waals surface area contributed by atoms with Crippen LogP contribution >= 0.6 is 11.3 Å². The van der Waals surface area contributed by atoms with Gasteiger partial charge in [-0.3, -0.25) is 4.79 Å². The molecule has 1 aromatic heterocycles. The molecule has 138 valence electrons. The van der Waals surface area contributed by atoms with Gasteiger partial charge in [-0.15, -0.1) is 11.3 Å². The number of rotatable bonds is 4. The summed E-state index contributed by atoms with van der Waals surface area (Å²) in [6.07, 6.45) is 3.48. The summed E-state index contributed by atoms with van der Waals surface area (Å²) in [5.41, 5.74) is 0.435. The normalized spacial score (nSPS) is 27.5. The van der Waals surface area contributed by atoms with Crippen LogP contribution in [0.25, 0.3) is 0 Å². The van der Waals surface area contributed by atoms with E-state index in [1.807, 2.05) is 6.07 Å². The van der Waals surface area contributed by atoms with E-state index >= 15 is 0 Å². The highest BCUT2D eigenvalue weighted by Crippen LogP contribution is 2.32. The first-order valence-corrected chi connectivity index (χ1v) is 11.1. The van der Waals surface area contributed by atoms with Crippen LogP contribution in [0.15, 0.2) is 6.07 Å². The Morgan fingerprint density at radius 2 is 2.20 bits per heavy atom. The summed E-state index contributed by atoms with van der Waals surface area (Å²) in [5, 5.41) is 2.68. The highest BCUT2D eigenvalue weighted by molar-refractivity contribution is 7.91. The van der Waals surface area contributed by atoms with Gasteiger partial charge in [0.2, 0.25) is 0 Å². The standard InChI is InChI=1S/C17H23NO5S2/c1-11-3-4-13-12(7-11)8-14(24-13)16(20)23-9-15(19)18-17(2)5-6-25(21,22)10-17/h8,11H,3-7,9-10H2,1-2H3,(H,18,19). The molecule has 1 saturated heterocycles. The molecule has 2 unspecified atom stereocenters. The van der Waals surface area contributed by atoms with Crippen molar-refractivity contribution in [2.45, 2.75) is 45.1 Å². The van der Waals surface area contributed by atoms with Crippen LogP contribution in [0.2, 0.25) is 0 Å². The molecule has 6 nitrogen and oxygen atoms in total. The van der Waals surface area contributed by atoms with Crippen molar-refractivity contribution in [2.24, 2.45) is 5.92 Å². The summed E-state index contributed by atoms with van der Waals surface area (Å²) in [6, 6.07) is 1.88. The molecule has 2 heterocycles. The van der Waals surface area contributed by atoms with E-state index in [1.165, 1.54) is 21.8 Å². The molecule has 0 aromatic carbocycles. The van der Waals surface area contributed by atoms with Gasteiger partial charge in [-0.2, -0.15) is 0 Å². The second-order valence-electron chi connectivity index (χ2n) is 7.43. The van der Waals surface area contributed by atoms with Gasteiger partial charge in [0.25, 0.3) is 5.91 Å². The molecule has 1 aliphatic heterocycles. The maximum Gasteiger partial charge on any atom is 0.348 e. The Kier molecular flexibility index (Phi) is 4.94. The Labute approximate surface area is 151 Å². The number of nitrogens with one attached hydrogen (secondary N) is 1. The summed E-state index contributed by atoms with van der Waals surface area (Å²) in [4.78, 5) is 26.0. The largest absolute Gasteiger partial charge is 0.451 e. The zero-order chi connectivity index (χ0) is 18.2. The van der Waals surface area contributed by atoms with Gasteiger partial charge in [0.15, 0.2) is 16.4 Å². The maximum atomic E-state index is 12.2. The SMILES string of the molecule is CC1CCc2sc(C(=O)OCC(=O)NC3(C)CCS(=O)(=O)C3)cc2C1. The van der Waals surface area contributed by atoms with Crippen LogP contribution in [0.1, 0.15) is 46.8 Å². The second-order valence-corrected chi connectivity index (χ2v) is 10.8. The smallest absolute Gasteiger partial charge is 0.348 e. The third-order valence-electron chi connectivity index (χ3n) is 4.81. The molecule has 1 fully saturated rings. The molecule has 25 heavy (non-hydrogen) atoms. The van der Waals surface area contributed by atoms with E-state index in [9.17, 15) is 18.0 Å². The van der Waals surface area contributed by atoms with Gasteiger partial charge in [-0.1, -0.05) is 6.92 Å². The first-order chi connectivity index (χ1) is 11.7. The van der Waals surface area contributed by atoms with E-state index < -0.39 is 33.9 Å². The number of hydrogen-bond donors (Lipinski definition) is 1.